The topological polar surface area (TPSA) is 85.1 Å². The first-order valence-electron chi connectivity index (χ1n) is 7.81. The van der Waals surface area contributed by atoms with Gasteiger partial charge in [0.1, 0.15) is 23.7 Å². The van der Waals surface area contributed by atoms with Crippen LogP contribution >= 0.6 is 0 Å². The number of benzene rings is 2. The zero-order chi connectivity index (χ0) is 17.9. The Kier molecular flexibility index (Phi) is 3.99. The quantitative estimate of drug-likeness (QED) is 0.421. The summed E-state index contributed by atoms with van der Waals surface area (Å²) in [5, 5.41) is 8.60. The summed E-state index contributed by atoms with van der Waals surface area (Å²) in [4.78, 5) is 24.7. The van der Waals surface area contributed by atoms with Crippen LogP contribution in [0.1, 0.15) is 11.1 Å². The van der Waals surface area contributed by atoms with E-state index in [4.69, 9.17) is 8.83 Å². The lowest BCUT2D eigenvalue weighted by atomic mass is 10.2. The molecule has 2 aromatic carbocycles. The highest BCUT2D eigenvalue weighted by atomic mass is 16.3. The molecule has 6 nitrogen and oxygen atoms in total. The lowest BCUT2D eigenvalue weighted by molar-refractivity contribution is 0.601. The second kappa shape index (κ2) is 6.60. The maximum Gasteiger partial charge on any atom is 0.201 e. The minimum absolute atomic E-state index is 0.198. The second-order valence-corrected chi connectivity index (χ2v) is 5.52. The predicted octanol–water partition coefficient (Wildman–Crippen LogP) is 3.35. The Morgan fingerprint density at radius 1 is 0.654 bits per heavy atom. The first-order valence-corrected chi connectivity index (χ1v) is 7.81. The van der Waals surface area contributed by atoms with Gasteiger partial charge in [-0.1, -0.05) is 24.3 Å². The molecule has 4 aromatic rings. The van der Waals surface area contributed by atoms with Crippen molar-refractivity contribution in [3.63, 3.8) is 0 Å². The average Bonchev–Trinajstić information content (AvgIpc) is 2.68. The predicted molar refractivity (Wildman–Crippen MR) is 100 cm³/mol. The van der Waals surface area contributed by atoms with E-state index in [1.54, 1.807) is 48.5 Å². The van der Waals surface area contributed by atoms with E-state index in [1.165, 1.54) is 25.0 Å². The molecule has 0 saturated carbocycles. The molecule has 0 aliphatic carbocycles. The van der Waals surface area contributed by atoms with Crippen molar-refractivity contribution in [2.24, 2.45) is 10.2 Å². The largest absolute Gasteiger partial charge is 0.463 e. The van der Waals surface area contributed by atoms with Crippen LogP contribution in [-0.2, 0) is 0 Å². The van der Waals surface area contributed by atoms with Crippen LogP contribution in [0.15, 0.2) is 89.7 Å². The Morgan fingerprint density at radius 2 is 1.08 bits per heavy atom. The molecule has 0 N–H and O–H groups in total. The third-order valence-corrected chi connectivity index (χ3v) is 3.87. The normalized spacial score (nSPS) is 11.8. The fourth-order valence-electron chi connectivity index (χ4n) is 2.56. The number of hydrogen-bond donors (Lipinski definition) is 0. The van der Waals surface area contributed by atoms with Gasteiger partial charge in [-0.3, -0.25) is 9.59 Å². The number of nitrogens with zero attached hydrogens (tertiary/aromatic N) is 2. The molecular formula is C20H12N2O4. The summed E-state index contributed by atoms with van der Waals surface area (Å²) in [6.07, 6.45) is 5.23. The number of hydrogen-bond acceptors (Lipinski definition) is 6. The van der Waals surface area contributed by atoms with E-state index in [-0.39, 0.29) is 22.0 Å². The molecule has 0 bridgehead atoms. The van der Waals surface area contributed by atoms with Gasteiger partial charge in [0, 0.05) is 0 Å². The van der Waals surface area contributed by atoms with Crippen LogP contribution in [0.2, 0.25) is 0 Å². The molecule has 0 amide bonds. The lowest BCUT2D eigenvalue weighted by Gasteiger charge is -1.97. The van der Waals surface area contributed by atoms with Crippen molar-refractivity contribution in [2.75, 3.05) is 0 Å². The van der Waals surface area contributed by atoms with Gasteiger partial charge in [-0.05, 0) is 24.3 Å². The van der Waals surface area contributed by atoms with Crippen LogP contribution in [0.5, 0.6) is 0 Å². The highest BCUT2D eigenvalue weighted by molar-refractivity contribution is 5.88. The monoisotopic (exact) mass is 344 g/mol. The Hall–Kier alpha value is -3.80. The highest BCUT2D eigenvalue weighted by Gasteiger charge is 2.05. The summed E-state index contributed by atoms with van der Waals surface area (Å²) in [6, 6.07) is 13.9. The minimum atomic E-state index is -0.198. The van der Waals surface area contributed by atoms with Gasteiger partial charge in [0.25, 0.3) is 0 Å². The van der Waals surface area contributed by atoms with Crippen LogP contribution in [-0.4, -0.2) is 12.4 Å². The molecule has 0 aliphatic heterocycles. The lowest BCUT2D eigenvalue weighted by Crippen LogP contribution is -2.08. The van der Waals surface area contributed by atoms with Crippen molar-refractivity contribution >= 4 is 34.4 Å². The SMILES string of the molecule is O=c1c(/C=N/N=C/c2coc3ccccc3c2=O)coc2ccccc12. The van der Waals surface area contributed by atoms with Crippen molar-refractivity contribution in [3.8, 4) is 0 Å². The van der Waals surface area contributed by atoms with E-state index in [9.17, 15) is 9.59 Å². The summed E-state index contributed by atoms with van der Waals surface area (Å²) in [5.74, 6) is 0. The Morgan fingerprint density at radius 3 is 1.54 bits per heavy atom. The van der Waals surface area contributed by atoms with Crippen LogP contribution in [0.4, 0.5) is 0 Å². The molecule has 0 unspecified atom stereocenters. The molecule has 26 heavy (non-hydrogen) atoms. The average molecular weight is 344 g/mol. The molecule has 0 atom stereocenters. The van der Waals surface area contributed by atoms with E-state index >= 15 is 0 Å². The van der Waals surface area contributed by atoms with Crippen molar-refractivity contribution in [3.05, 3.63) is 92.6 Å². The minimum Gasteiger partial charge on any atom is -0.463 e. The number of rotatable bonds is 3. The highest BCUT2D eigenvalue weighted by Crippen LogP contribution is 2.10. The third kappa shape index (κ3) is 2.84. The molecule has 4 rings (SSSR count). The van der Waals surface area contributed by atoms with Gasteiger partial charge in [0.2, 0.25) is 10.9 Å². The van der Waals surface area contributed by atoms with Crippen molar-refractivity contribution < 1.29 is 8.83 Å². The van der Waals surface area contributed by atoms with Gasteiger partial charge in [0.05, 0.1) is 34.3 Å². The summed E-state index contributed by atoms with van der Waals surface area (Å²) in [6.45, 7) is 0. The van der Waals surface area contributed by atoms with Crippen molar-refractivity contribution in [1.82, 2.24) is 0 Å². The van der Waals surface area contributed by atoms with Gasteiger partial charge in [-0.25, -0.2) is 0 Å². The summed E-state index contributed by atoms with van der Waals surface area (Å²) < 4.78 is 10.8. The molecule has 0 spiro atoms. The Bertz CT molecular complexity index is 1180. The summed E-state index contributed by atoms with van der Waals surface area (Å²) in [7, 11) is 0. The fourth-order valence-corrected chi connectivity index (χ4v) is 2.56. The molecule has 126 valence electrons. The zero-order valence-corrected chi connectivity index (χ0v) is 13.5. The molecule has 0 aliphatic rings. The van der Waals surface area contributed by atoms with Gasteiger partial charge in [-0.15, -0.1) is 0 Å². The summed E-state index contributed by atoms with van der Waals surface area (Å²) in [5.41, 5.74) is 1.16. The molecule has 0 saturated heterocycles. The number of fused-ring (bicyclic) bond motifs is 2. The standard InChI is InChI=1S/C20H12N2O4/c23-19-13(11-25-17-7-3-1-5-15(17)19)9-21-22-10-14-12-26-18-8-4-2-6-16(18)20(14)24/h1-12H/b21-9+,22-10+. The Balaban J connectivity index is 1.63. The van der Waals surface area contributed by atoms with Crippen LogP contribution in [0.3, 0.4) is 0 Å². The van der Waals surface area contributed by atoms with Crippen LogP contribution in [0, 0.1) is 0 Å². The first-order chi connectivity index (χ1) is 12.7. The van der Waals surface area contributed by atoms with Crippen LogP contribution in [0.25, 0.3) is 21.9 Å². The van der Waals surface area contributed by atoms with Crippen LogP contribution < -0.4 is 10.9 Å². The van der Waals surface area contributed by atoms with E-state index in [0.29, 0.717) is 21.9 Å². The third-order valence-electron chi connectivity index (χ3n) is 3.87. The maximum absolute atomic E-state index is 12.3. The molecule has 2 aromatic heterocycles. The van der Waals surface area contributed by atoms with Gasteiger partial charge >= 0.3 is 0 Å². The number of para-hydroxylation sites is 2. The van der Waals surface area contributed by atoms with E-state index < -0.39 is 0 Å². The molecule has 6 heteroatoms. The molecule has 0 radical (unpaired) electrons. The van der Waals surface area contributed by atoms with Gasteiger partial charge < -0.3 is 8.83 Å². The van der Waals surface area contributed by atoms with Gasteiger partial charge in [-0.2, -0.15) is 10.2 Å². The Labute approximate surface area is 146 Å². The summed E-state index contributed by atoms with van der Waals surface area (Å²) >= 11 is 0. The van der Waals surface area contributed by atoms with Crippen molar-refractivity contribution in [2.45, 2.75) is 0 Å². The van der Waals surface area contributed by atoms with E-state index in [1.807, 2.05) is 0 Å². The van der Waals surface area contributed by atoms with E-state index in [0.717, 1.165) is 0 Å². The van der Waals surface area contributed by atoms with E-state index in [2.05, 4.69) is 10.2 Å². The zero-order valence-electron chi connectivity index (χ0n) is 13.5. The fraction of sp³-hybridized carbons (Fsp3) is 0. The second-order valence-electron chi connectivity index (χ2n) is 5.52. The smallest absolute Gasteiger partial charge is 0.201 e. The molecule has 0 fully saturated rings. The van der Waals surface area contributed by atoms with Gasteiger partial charge in [0.15, 0.2) is 0 Å². The maximum atomic E-state index is 12.3. The van der Waals surface area contributed by atoms with Crippen molar-refractivity contribution in [1.29, 1.82) is 0 Å². The first kappa shape index (κ1) is 15.7. The molecule has 2 heterocycles. The molecular weight excluding hydrogens is 332 g/mol.